The van der Waals surface area contributed by atoms with Crippen LogP contribution in [0.15, 0.2) is 11.8 Å². The fraction of sp³-hybridized carbons (Fsp3) is 0.857. The minimum Gasteiger partial charge on any atom is -0.536 e. The molecule has 0 N–H and O–H groups in total. The predicted octanol–water partition coefficient (Wildman–Crippen LogP) is 3.13. The largest absolute Gasteiger partial charge is 0.547 e. The molecule has 1 aliphatic rings. The molecule has 0 radical (unpaired) electrons. The molecule has 0 aromatic rings. The smallest absolute Gasteiger partial charge is 0.536 e. The average molecular weight is 252 g/mol. The Morgan fingerprint density at radius 1 is 1.00 bits per heavy atom. The van der Waals surface area contributed by atoms with E-state index in [9.17, 15) is 0 Å². The molecule has 3 nitrogen and oxygen atoms in total. The highest BCUT2D eigenvalue weighted by molar-refractivity contribution is 6.45. The highest BCUT2D eigenvalue weighted by Gasteiger charge is 2.32. The van der Waals surface area contributed by atoms with E-state index in [1.165, 1.54) is 25.0 Å². The van der Waals surface area contributed by atoms with Crippen LogP contribution < -0.4 is 0 Å². The normalized spacial score (nSPS) is 16.0. The Kier molecular flexibility index (Phi) is 7.44. The summed E-state index contributed by atoms with van der Waals surface area (Å²) in [5, 5.41) is 0. The zero-order valence-corrected chi connectivity index (χ0v) is 12.6. The molecule has 0 saturated carbocycles. The molecule has 0 aliphatic heterocycles. The molecule has 0 aromatic heterocycles. The molecule has 0 atom stereocenters. The Morgan fingerprint density at radius 3 is 1.94 bits per heavy atom. The van der Waals surface area contributed by atoms with Gasteiger partial charge in [0.25, 0.3) is 0 Å². The Balaban J connectivity index is 2.72. The summed E-state index contributed by atoms with van der Waals surface area (Å²) in [6.45, 7) is 13.0. The van der Waals surface area contributed by atoms with Gasteiger partial charge in [-0.2, -0.15) is 0 Å². The first kappa shape index (κ1) is 15.6. The van der Waals surface area contributed by atoms with Crippen LogP contribution >= 0.6 is 0 Å². The third-order valence-corrected chi connectivity index (χ3v) is 3.76. The van der Waals surface area contributed by atoms with Gasteiger partial charge in [-0.3, -0.25) is 9.62 Å². The van der Waals surface area contributed by atoms with Gasteiger partial charge in [-0.1, -0.05) is 27.7 Å². The summed E-state index contributed by atoms with van der Waals surface area (Å²) >= 11 is 0. The lowest BCUT2D eigenvalue weighted by atomic mass is 9.91. The predicted molar refractivity (Wildman–Crippen MR) is 79.2 cm³/mol. The molecule has 18 heavy (non-hydrogen) atoms. The van der Waals surface area contributed by atoms with Crippen molar-refractivity contribution in [2.75, 3.05) is 26.2 Å². The second-order valence-electron chi connectivity index (χ2n) is 4.80. The fourth-order valence-electron chi connectivity index (χ4n) is 2.50. The number of rotatable bonds is 8. The van der Waals surface area contributed by atoms with E-state index in [-0.39, 0.29) is 7.19 Å². The molecule has 0 saturated heterocycles. The van der Waals surface area contributed by atoms with Gasteiger partial charge < -0.3 is 4.65 Å². The van der Waals surface area contributed by atoms with Crippen LogP contribution in [0.1, 0.15) is 53.4 Å². The van der Waals surface area contributed by atoms with Crippen LogP contribution in [0.25, 0.3) is 0 Å². The Labute approximate surface area is 113 Å². The lowest BCUT2D eigenvalue weighted by Gasteiger charge is -2.34. The van der Waals surface area contributed by atoms with Gasteiger partial charge in [0.05, 0.1) is 5.76 Å². The minimum atomic E-state index is 0.111. The lowest BCUT2D eigenvalue weighted by molar-refractivity contribution is 0.245. The summed E-state index contributed by atoms with van der Waals surface area (Å²) in [7, 11) is 0.111. The van der Waals surface area contributed by atoms with E-state index in [2.05, 4.69) is 43.4 Å². The highest BCUT2D eigenvalue weighted by Crippen LogP contribution is 2.20. The maximum absolute atomic E-state index is 6.29. The van der Waals surface area contributed by atoms with Gasteiger partial charge in [-0.15, -0.1) is 0 Å². The fourth-order valence-corrected chi connectivity index (χ4v) is 2.50. The van der Waals surface area contributed by atoms with Gasteiger partial charge in [0.15, 0.2) is 0 Å². The molecule has 104 valence electrons. The van der Waals surface area contributed by atoms with Gasteiger partial charge in [-0.25, -0.2) is 0 Å². The zero-order chi connectivity index (χ0) is 13.4. The summed E-state index contributed by atoms with van der Waals surface area (Å²) in [6.07, 6.45) is 7.16. The Bertz CT molecular complexity index is 238. The topological polar surface area (TPSA) is 15.7 Å². The van der Waals surface area contributed by atoms with Crippen molar-refractivity contribution in [3.05, 3.63) is 11.8 Å². The number of nitrogens with zero attached hydrogens (tertiary/aromatic N) is 2. The van der Waals surface area contributed by atoms with Crippen LogP contribution in [-0.4, -0.2) is 43.0 Å². The molecule has 0 unspecified atom stereocenters. The molecule has 0 heterocycles. The van der Waals surface area contributed by atoms with Crippen LogP contribution in [0.3, 0.4) is 0 Å². The lowest BCUT2D eigenvalue weighted by Crippen LogP contribution is -2.54. The third kappa shape index (κ3) is 4.32. The van der Waals surface area contributed by atoms with Crippen molar-refractivity contribution in [2.45, 2.75) is 53.4 Å². The Hall–Kier alpha value is -0.475. The zero-order valence-electron chi connectivity index (χ0n) is 12.6. The first-order valence-electron chi connectivity index (χ1n) is 7.60. The summed E-state index contributed by atoms with van der Waals surface area (Å²) in [6, 6.07) is 0. The van der Waals surface area contributed by atoms with E-state index >= 15 is 0 Å². The standard InChI is InChI=1S/C14H29BN2O/c1-5-16(6-2)15(17(7-3)8-4)18-14-12-10-9-11-13-14/h12H,5-11,13H2,1-4H3. The first-order chi connectivity index (χ1) is 8.76. The maximum Gasteiger partial charge on any atom is 0.547 e. The monoisotopic (exact) mass is 252 g/mol. The van der Waals surface area contributed by atoms with Crippen molar-refractivity contribution in [1.82, 2.24) is 9.62 Å². The summed E-state index contributed by atoms with van der Waals surface area (Å²) in [4.78, 5) is 4.78. The van der Waals surface area contributed by atoms with Gasteiger partial charge in [0.1, 0.15) is 0 Å². The molecule has 4 heteroatoms. The van der Waals surface area contributed by atoms with Crippen molar-refractivity contribution in [2.24, 2.45) is 0 Å². The van der Waals surface area contributed by atoms with Gasteiger partial charge in [-0.05, 0) is 51.5 Å². The molecule has 0 aromatic carbocycles. The number of hydrogen-bond donors (Lipinski definition) is 0. The molecular formula is C14H29BN2O. The van der Waals surface area contributed by atoms with Crippen molar-refractivity contribution in [3.63, 3.8) is 0 Å². The number of hydrogen-bond acceptors (Lipinski definition) is 3. The van der Waals surface area contributed by atoms with Gasteiger partial charge >= 0.3 is 7.19 Å². The van der Waals surface area contributed by atoms with Crippen LogP contribution in [0.4, 0.5) is 0 Å². The summed E-state index contributed by atoms with van der Waals surface area (Å²) in [5.41, 5.74) is 0. The second-order valence-corrected chi connectivity index (χ2v) is 4.80. The quantitative estimate of drug-likeness (QED) is 0.617. The van der Waals surface area contributed by atoms with Crippen molar-refractivity contribution >= 4 is 7.19 Å². The van der Waals surface area contributed by atoms with E-state index in [4.69, 9.17) is 4.65 Å². The molecule has 0 fully saturated rings. The van der Waals surface area contributed by atoms with E-state index in [0.717, 1.165) is 32.6 Å². The molecule has 1 aliphatic carbocycles. The van der Waals surface area contributed by atoms with Crippen LogP contribution in [-0.2, 0) is 4.65 Å². The van der Waals surface area contributed by atoms with Crippen LogP contribution in [0, 0.1) is 0 Å². The Morgan fingerprint density at radius 2 is 1.56 bits per heavy atom. The van der Waals surface area contributed by atoms with E-state index in [0.29, 0.717) is 0 Å². The molecule has 0 bridgehead atoms. The second kappa shape index (κ2) is 8.60. The van der Waals surface area contributed by atoms with E-state index in [1.807, 2.05) is 0 Å². The van der Waals surface area contributed by atoms with Crippen LogP contribution in [0.5, 0.6) is 0 Å². The highest BCUT2D eigenvalue weighted by atomic mass is 16.5. The summed E-state index contributed by atoms with van der Waals surface area (Å²) < 4.78 is 6.29. The minimum absolute atomic E-state index is 0.111. The summed E-state index contributed by atoms with van der Waals surface area (Å²) in [5.74, 6) is 1.20. The van der Waals surface area contributed by atoms with E-state index < -0.39 is 0 Å². The van der Waals surface area contributed by atoms with Gasteiger partial charge in [0.2, 0.25) is 0 Å². The van der Waals surface area contributed by atoms with Crippen LogP contribution in [0.2, 0.25) is 0 Å². The number of allylic oxidation sites excluding steroid dienone is 2. The molecular weight excluding hydrogens is 223 g/mol. The SMILES string of the molecule is CCN(CC)B(OC1=CCCCC1)N(CC)CC. The van der Waals surface area contributed by atoms with Gasteiger partial charge in [0, 0.05) is 6.42 Å². The average Bonchev–Trinajstić information content (AvgIpc) is 2.42. The first-order valence-corrected chi connectivity index (χ1v) is 7.60. The maximum atomic E-state index is 6.29. The molecule has 1 rings (SSSR count). The van der Waals surface area contributed by atoms with Crippen molar-refractivity contribution in [1.29, 1.82) is 0 Å². The molecule has 0 amide bonds. The van der Waals surface area contributed by atoms with E-state index in [1.54, 1.807) is 0 Å². The van der Waals surface area contributed by atoms with Crippen molar-refractivity contribution in [3.8, 4) is 0 Å². The third-order valence-electron chi connectivity index (χ3n) is 3.76. The van der Waals surface area contributed by atoms with Crippen molar-refractivity contribution < 1.29 is 4.65 Å². The molecule has 0 spiro atoms.